The summed E-state index contributed by atoms with van der Waals surface area (Å²) in [5.41, 5.74) is 0. The van der Waals surface area contributed by atoms with E-state index in [1.54, 1.807) is 12.1 Å². The Labute approximate surface area is 124 Å². The fraction of sp³-hybridized carbons (Fsp3) is 0.600. The van der Waals surface area contributed by atoms with Gasteiger partial charge in [0.1, 0.15) is 0 Å². The molecule has 1 aromatic heterocycles. The molecule has 2 N–H and O–H groups in total. The number of nitrogens with one attached hydrogen (secondary N) is 2. The van der Waals surface area contributed by atoms with Crippen LogP contribution in [0.5, 0.6) is 0 Å². The fourth-order valence-corrected chi connectivity index (χ4v) is 2.42. The van der Waals surface area contributed by atoms with Gasteiger partial charge in [-0.3, -0.25) is 14.5 Å². The molecule has 2 rings (SSSR count). The maximum Gasteiger partial charge on any atom is 0.287 e. The normalized spacial score (nSPS) is 16.6. The minimum Gasteiger partial charge on any atom is -0.459 e. The molecule has 0 radical (unpaired) electrons. The lowest BCUT2D eigenvalue weighted by Gasteiger charge is -2.31. The molecule has 1 fully saturated rings. The van der Waals surface area contributed by atoms with E-state index < -0.39 is 0 Å². The summed E-state index contributed by atoms with van der Waals surface area (Å²) in [7, 11) is 0. The largest absolute Gasteiger partial charge is 0.459 e. The van der Waals surface area contributed by atoms with Crippen molar-refractivity contribution in [3.8, 4) is 0 Å². The van der Waals surface area contributed by atoms with Crippen molar-refractivity contribution >= 4 is 11.8 Å². The molecule has 6 nitrogen and oxygen atoms in total. The summed E-state index contributed by atoms with van der Waals surface area (Å²) in [6.07, 6.45) is 4.15. The van der Waals surface area contributed by atoms with Gasteiger partial charge in [-0.15, -0.1) is 0 Å². The van der Waals surface area contributed by atoms with Crippen molar-refractivity contribution in [2.24, 2.45) is 0 Å². The monoisotopic (exact) mass is 293 g/mol. The van der Waals surface area contributed by atoms with Crippen LogP contribution in [0.2, 0.25) is 0 Å². The van der Waals surface area contributed by atoms with Crippen LogP contribution in [-0.4, -0.2) is 48.9 Å². The van der Waals surface area contributed by atoms with E-state index in [2.05, 4.69) is 15.5 Å². The van der Waals surface area contributed by atoms with E-state index in [1.165, 1.54) is 6.26 Å². The first-order valence-electron chi connectivity index (χ1n) is 7.52. The summed E-state index contributed by atoms with van der Waals surface area (Å²) in [5, 5.41) is 5.85. The molecule has 0 saturated carbocycles. The summed E-state index contributed by atoms with van der Waals surface area (Å²) in [6.45, 7) is 4.85. The summed E-state index contributed by atoms with van der Waals surface area (Å²) < 4.78 is 5.07. The zero-order valence-electron chi connectivity index (χ0n) is 12.4. The molecule has 21 heavy (non-hydrogen) atoms. The second-order valence-electron chi connectivity index (χ2n) is 5.35. The molecule has 2 amide bonds. The maximum atomic E-state index is 11.9. The summed E-state index contributed by atoms with van der Waals surface area (Å²) in [4.78, 5) is 25.6. The number of nitrogens with zero attached hydrogens (tertiary/aromatic N) is 1. The van der Waals surface area contributed by atoms with Crippen LogP contribution >= 0.6 is 0 Å². The van der Waals surface area contributed by atoms with Gasteiger partial charge in [-0.2, -0.15) is 0 Å². The Hall–Kier alpha value is -1.82. The number of carbonyl (C=O) groups is 2. The maximum absolute atomic E-state index is 11.9. The van der Waals surface area contributed by atoms with Gasteiger partial charge in [0.2, 0.25) is 5.91 Å². The van der Waals surface area contributed by atoms with Crippen LogP contribution in [0.25, 0.3) is 0 Å². The van der Waals surface area contributed by atoms with E-state index >= 15 is 0 Å². The number of hydrogen-bond donors (Lipinski definition) is 2. The van der Waals surface area contributed by atoms with Gasteiger partial charge in [-0.1, -0.05) is 6.92 Å². The highest BCUT2D eigenvalue weighted by Gasteiger charge is 2.22. The third-order valence-corrected chi connectivity index (χ3v) is 3.61. The third-order valence-electron chi connectivity index (χ3n) is 3.61. The zero-order chi connectivity index (χ0) is 15.1. The average molecular weight is 293 g/mol. The molecule has 6 heteroatoms. The molecule has 0 unspecified atom stereocenters. The number of furan rings is 1. The fourth-order valence-electron chi connectivity index (χ4n) is 2.42. The van der Waals surface area contributed by atoms with E-state index in [0.717, 1.165) is 38.9 Å². The standard InChI is InChI=1S/C15H23N3O3/c1-2-7-16-14(19)11-18-8-5-12(6-9-18)17-15(20)13-4-3-10-21-13/h3-4,10,12H,2,5-9,11H2,1H3,(H,16,19)(H,17,20). The molecule has 116 valence electrons. The number of carbonyl (C=O) groups excluding carboxylic acids is 2. The Morgan fingerprint density at radius 1 is 1.38 bits per heavy atom. The van der Waals surface area contributed by atoms with Gasteiger partial charge >= 0.3 is 0 Å². The number of piperidine rings is 1. The van der Waals surface area contributed by atoms with E-state index in [4.69, 9.17) is 4.42 Å². The second kappa shape index (κ2) is 7.83. The molecule has 1 aliphatic heterocycles. The lowest BCUT2D eigenvalue weighted by molar-refractivity contribution is -0.122. The molecular formula is C15H23N3O3. The van der Waals surface area contributed by atoms with Crippen LogP contribution < -0.4 is 10.6 Å². The Bertz CT molecular complexity index is 451. The van der Waals surface area contributed by atoms with Crippen molar-refractivity contribution in [3.05, 3.63) is 24.2 Å². The van der Waals surface area contributed by atoms with Crippen molar-refractivity contribution in [1.82, 2.24) is 15.5 Å². The molecule has 0 spiro atoms. The van der Waals surface area contributed by atoms with E-state index in [9.17, 15) is 9.59 Å². The van der Waals surface area contributed by atoms with Crippen molar-refractivity contribution in [2.75, 3.05) is 26.2 Å². The summed E-state index contributed by atoms with van der Waals surface area (Å²) >= 11 is 0. The Balaban J connectivity index is 1.68. The SMILES string of the molecule is CCCNC(=O)CN1CCC(NC(=O)c2ccco2)CC1. The van der Waals surface area contributed by atoms with Gasteiger partial charge in [0.25, 0.3) is 5.91 Å². The van der Waals surface area contributed by atoms with Crippen LogP contribution in [0.15, 0.2) is 22.8 Å². The lowest BCUT2D eigenvalue weighted by Crippen LogP contribution is -2.47. The van der Waals surface area contributed by atoms with Gasteiger partial charge in [0.05, 0.1) is 12.8 Å². The Kier molecular flexibility index (Phi) is 5.80. The van der Waals surface area contributed by atoms with Crippen molar-refractivity contribution in [1.29, 1.82) is 0 Å². The number of rotatable bonds is 6. The van der Waals surface area contributed by atoms with Crippen LogP contribution in [-0.2, 0) is 4.79 Å². The van der Waals surface area contributed by atoms with Gasteiger partial charge in [0, 0.05) is 25.7 Å². The first-order chi connectivity index (χ1) is 10.2. The minimum absolute atomic E-state index is 0.0786. The van der Waals surface area contributed by atoms with Gasteiger partial charge < -0.3 is 15.1 Å². The van der Waals surface area contributed by atoms with Crippen molar-refractivity contribution < 1.29 is 14.0 Å². The average Bonchev–Trinajstić information content (AvgIpc) is 3.01. The van der Waals surface area contributed by atoms with E-state index in [0.29, 0.717) is 12.3 Å². The van der Waals surface area contributed by atoms with Crippen LogP contribution in [0.1, 0.15) is 36.7 Å². The third kappa shape index (κ3) is 4.90. The highest BCUT2D eigenvalue weighted by atomic mass is 16.3. The lowest BCUT2D eigenvalue weighted by atomic mass is 10.0. The molecule has 0 aromatic carbocycles. The number of likely N-dealkylation sites (tertiary alicyclic amines) is 1. The Morgan fingerprint density at radius 2 is 2.14 bits per heavy atom. The topological polar surface area (TPSA) is 74.6 Å². The smallest absolute Gasteiger partial charge is 0.287 e. The van der Waals surface area contributed by atoms with Gasteiger partial charge in [0.15, 0.2) is 5.76 Å². The first-order valence-corrected chi connectivity index (χ1v) is 7.52. The minimum atomic E-state index is -0.167. The van der Waals surface area contributed by atoms with Crippen LogP contribution in [0.4, 0.5) is 0 Å². The zero-order valence-corrected chi connectivity index (χ0v) is 12.4. The number of amides is 2. The van der Waals surface area contributed by atoms with Gasteiger partial charge in [-0.05, 0) is 31.4 Å². The van der Waals surface area contributed by atoms with Gasteiger partial charge in [-0.25, -0.2) is 0 Å². The Morgan fingerprint density at radius 3 is 2.76 bits per heavy atom. The number of hydrogen-bond acceptors (Lipinski definition) is 4. The molecule has 0 atom stereocenters. The molecule has 2 heterocycles. The molecule has 0 bridgehead atoms. The van der Waals surface area contributed by atoms with Crippen molar-refractivity contribution in [3.63, 3.8) is 0 Å². The van der Waals surface area contributed by atoms with Crippen molar-refractivity contribution in [2.45, 2.75) is 32.2 Å². The summed E-state index contributed by atoms with van der Waals surface area (Å²) in [5.74, 6) is 0.255. The predicted molar refractivity (Wildman–Crippen MR) is 78.9 cm³/mol. The second-order valence-corrected chi connectivity index (χ2v) is 5.35. The van der Waals surface area contributed by atoms with E-state index in [1.807, 2.05) is 6.92 Å². The first kappa shape index (κ1) is 15.6. The predicted octanol–water partition coefficient (Wildman–Crippen LogP) is 1.00. The summed E-state index contributed by atoms with van der Waals surface area (Å²) in [6, 6.07) is 3.51. The molecule has 1 aromatic rings. The van der Waals surface area contributed by atoms with Crippen LogP contribution in [0, 0.1) is 0 Å². The molecule has 0 aliphatic carbocycles. The molecular weight excluding hydrogens is 270 g/mol. The highest BCUT2D eigenvalue weighted by molar-refractivity contribution is 5.91. The van der Waals surface area contributed by atoms with Crippen LogP contribution in [0.3, 0.4) is 0 Å². The van der Waals surface area contributed by atoms with E-state index in [-0.39, 0.29) is 17.9 Å². The highest BCUT2D eigenvalue weighted by Crippen LogP contribution is 2.11. The molecule has 1 aliphatic rings. The quantitative estimate of drug-likeness (QED) is 0.820. The molecule has 1 saturated heterocycles.